The van der Waals surface area contributed by atoms with Gasteiger partial charge in [-0.15, -0.1) is 6.58 Å². The van der Waals surface area contributed by atoms with E-state index in [2.05, 4.69) is 6.58 Å². The van der Waals surface area contributed by atoms with Crippen molar-refractivity contribution < 1.29 is 14.7 Å². The normalized spacial score (nSPS) is 14.6. The van der Waals surface area contributed by atoms with E-state index in [-0.39, 0.29) is 17.8 Å². The van der Waals surface area contributed by atoms with Crippen LogP contribution in [-0.2, 0) is 9.59 Å². The standard InChI is InChI=1S/C18H26O3/c1-2-3-4-5-6-7-8-9-10-11-15-12-13-16(18(20)21)17(19)14-15/h2,12-13H,1,3-11,14H2,(H,20,21). The van der Waals surface area contributed by atoms with Crippen LogP contribution in [-0.4, -0.2) is 16.9 Å². The van der Waals surface area contributed by atoms with Gasteiger partial charge in [0.15, 0.2) is 5.78 Å². The summed E-state index contributed by atoms with van der Waals surface area (Å²) in [6, 6.07) is 0. The van der Waals surface area contributed by atoms with E-state index in [0.717, 1.165) is 24.8 Å². The summed E-state index contributed by atoms with van der Waals surface area (Å²) in [6.07, 6.45) is 16.1. The van der Waals surface area contributed by atoms with E-state index in [9.17, 15) is 9.59 Å². The van der Waals surface area contributed by atoms with Gasteiger partial charge in [0.05, 0.1) is 0 Å². The quantitative estimate of drug-likeness (QED) is 0.344. The van der Waals surface area contributed by atoms with Crippen LogP contribution in [0.1, 0.15) is 64.2 Å². The molecule has 0 saturated heterocycles. The number of carboxylic acids is 1. The van der Waals surface area contributed by atoms with Crippen LogP contribution in [0, 0.1) is 0 Å². The minimum Gasteiger partial charge on any atom is -0.478 e. The van der Waals surface area contributed by atoms with Gasteiger partial charge >= 0.3 is 5.97 Å². The summed E-state index contributed by atoms with van der Waals surface area (Å²) in [6.45, 7) is 3.72. The molecule has 0 bridgehead atoms. The molecule has 21 heavy (non-hydrogen) atoms. The summed E-state index contributed by atoms with van der Waals surface area (Å²) in [7, 11) is 0. The number of ketones is 1. The second kappa shape index (κ2) is 10.1. The number of carbonyl (C=O) groups is 2. The first-order chi connectivity index (χ1) is 10.1. The van der Waals surface area contributed by atoms with Crippen LogP contribution in [0.3, 0.4) is 0 Å². The van der Waals surface area contributed by atoms with Gasteiger partial charge < -0.3 is 5.11 Å². The fourth-order valence-electron chi connectivity index (χ4n) is 2.54. The molecule has 3 heteroatoms. The Labute approximate surface area is 127 Å². The van der Waals surface area contributed by atoms with Crippen LogP contribution in [0.25, 0.3) is 0 Å². The molecule has 1 rings (SSSR count). The molecule has 0 aromatic rings. The fraction of sp³-hybridized carbons (Fsp3) is 0.556. The van der Waals surface area contributed by atoms with E-state index in [0.29, 0.717) is 0 Å². The second-order valence-corrected chi connectivity index (χ2v) is 5.61. The fourth-order valence-corrected chi connectivity index (χ4v) is 2.54. The molecule has 0 unspecified atom stereocenters. The molecule has 0 spiro atoms. The molecule has 116 valence electrons. The summed E-state index contributed by atoms with van der Waals surface area (Å²) < 4.78 is 0. The maximum absolute atomic E-state index is 11.6. The van der Waals surface area contributed by atoms with Gasteiger partial charge in [-0.1, -0.05) is 49.8 Å². The number of carboxylic acid groups (broad SMARTS) is 1. The molecular weight excluding hydrogens is 264 g/mol. The van der Waals surface area contributed by atoms with Crippen molar-refractivity contribution in [2.75, 3.05) is 0 Å². The lowest BCUT2D eigenvalue weighted by molar-refractivity contribution is -0.134. The molecule has 1 aliphatic rings. The van der Waals surface area contributed by atoms with Gasteiger partial charge in [0.25, 0.3) is 0 Å². The van der Waals surface area contributed by atoms with E-state index in [1.807, 2.05) is 6.08 Å². The summed E-state index contributed by atoms with van der Waals surface area (Å²) >= 11 is 0. The Morgan fingerprint density at radius 3 is 2.29 bits per heavy atom. The largest absolute Gasteiger partial charge is 0.478 e. The van der Waals surface area contributed by atoms with Crippen molar-refractivity contribution in [1.82, 2.24) is 0 Å². The molecule has 1 aliphatic carbocycles. The lowest BCUT2D eigenvalue weighted by Gasteiger charge is -2.11. The van der Waals surface area contributed by atoms with Crippen molar-refractivity contribution in [3.63, 3.8) is 0 Å². The highest BCUT2D eigenvalue weighted by Gasteiger charge is 2.20. The molecular formula is C18H26O3. The van der Waals surface area contributed by atoms with Crippen LogP contribution in [0.2, 0.25) is 0 Å². The Balaban J connectivity index is 2.10. The first-order valence-electron chi connectivity index (χ1n) is 7.92. The molecule has 0 aromatic heterocycles. The number of aliphatic carboxylic acids is 1. The molecule has 0 radical (unpaired) electrons. The van der Waals surface area contributed by atoms with Gasteiger partial charge in [-0.2, -0.15) is 0 Å². The first kappa shape index (κ1) is 17.4. The highest BCUT2D eigenvalue weighted by atomic mass is 16.4. The van der Waals surface area contributed by atoms with Gasteiger partial charge in [-0.05, 0) is 31.8 Å². The van der Waals surface area contributed by atoms with Crippen molar-refractivity contribution in [2.24, 2.45) is 0 Å². The van der Waals surface area contributed by atoms with Gasteiger partial charge in [-0.3, -0.25) is 4.79 Å². The third-order valence-corrected chi connectivity index (χ3v) is 3.81. The van der Waals surface area contributed by atoms with Crippen molar-refractivity contribution in [3.05, 3.63) is 36.0 Å². The van der Waals surface area contributed by atoms with Crippen molar-refractivity contribution in [3.8, 4) is 0 Å². The molecule has 0 heterocycles. The summed E-state index contributed by atoms with van der Waals surface area (Å²) in [5, 5.41) is 8.82. The van der Waals surface area contributed by atoms with E-state index >= 15 is 0 Å². The zero-order chi connectivity index (χ0) is 15.5. The number of unbranched alkanes of at least 4 members (excludes halogenated alkanes) is 7. The zero-order valence-electron chi connectivity index (χ0n) is 12.8. The summed E-state index contributed by atoms with van der Waals surface area (Å²) in [5.41, 5.74) is 0.981. The average molecular weight is 290 g/mol. The predicted molar refractivity (Wildman–Crippen MR) is 85.2 cm³/mol. The molecule has 0 aliphatic heterocycles. The maximum atomic E-state index is 11.6. The zero-order valence-corrected chi connectivity index (χ0v) is 12.8. The van der Waals surface area contributed by atoms with Crippen LogP contribution in [0.5, 0.6) is 0 Å². The van der Waals surface area contributed by atoms with Gasteiger partial charge in [0.1, 0.15) is 5.57 Å². The monoisotopic (exact) mass is 290 g/mol. The Morgan fingerprint density at radius 1 is 1.10 bits per heavy atom. The van der Waals surface area contributed by atoms with Crippen molar-refractivity contribution >= 4 is 11.8 Å². The van der Waals surface area contributed by atoms with Crippen molar-refractivity contribution in [2.45, 2.75) is 64.2 Å². The van der Waals surface area contributed by atoms with Crippen molar-refractivity contribution in [1.29, 1.82) is 0 Å². The van der Waals surface area contributed by atoms with Crippen LogP contribution >= 0.6 is 0 Å². The van der Waals surface area contributed by atoms with Gasteiger partial charge in [-0.25, -0.2) is 4.79 Å². The Bertz CT molecular complexity index is 430. The molecule has 0 fully saturated rings. The number of hydrogen-bond acceptors (Lipinski definition) is 2. The predicted octanol–water partition coefficient (Wildman–Crippen LogP) is 4.59. The van der Waals surface area contributed by atoms with Gasteiger partial charge in [0, 0.05) is 6.42 Å². The smallest absolute Gasteiger partial charge is 0.339 e. The van der Waals surface area contributed by atoms with Gasteiger partial charge in [0.2, 0.25) is 0 Å². The van der Waals surface area contributed by atoms with Crippen LogP contribution in [0.4, 0.5) is 0 Å². The minimum atomic E-state index is -1.12. The molecule has 0 saturated carbocycles. The molecule has 0 amide bonds. The lowest BCUT2D eigenvalue weighted by Crippen LogP contribution is -2.15. The topological polar surface area (TPSA) is 54.4 Å². The van der Waals surface area contributed by atoms with Crippen LogP contribution in [0.15, 0.2) is 36.0 Å². The average Bonchev–Trinajstić information content (AvgIpc) is 2.45. The highest BCUT2D eigenvalue weighted by Crippen LogP contribution is 2.21. The number of allylic oxidation sites excluding steroid dienone is 4. The third-order valence-electron chi connectivity index (χ3n) is 3.81. The van der Waals surface area contributed by atoms with E-state index in [1.54, 1.807) is 6.08 Å². The Kier molecular flexibility index (Phi) is 8.41. The minimum absolute atomic E-state index is 0.0849. The van der Waals surface area contributed by atoms with E-state index in [1.165, 1.54) is 44.6 Å². The molecule has 0 aromatic carbocycles. The van der Waals surface area contributed by atoms with E-state index < -0.39 is 5.97 Å². The number of Topliss-reactive ketones (excluding diaryl/α,β-unsaturated/α-hetero) is 1. The summed E-state index contributed by atoms with van der Waals surface area (Å²) in [5.74, 6) is -1.38. The third kappa shape index (κ3) is 7.07. The molecule has 0 atom stereocenters. The number of hydrogen-bond donors (Lipinski definition) is 1. The maximum Gasteiger partial charge on any atom is 0.339 e. The first-order valence-corrected chi connectivity index (χ1v) is 7.92. The second-order valence-electron chi connectivity index (χ2n) is 5.61. The Morgan fingerprint density at radius 2 is 1.71 bits per heavy atom. The Hall–Kier alpha value is -1.64. The SMILES string of the molecule is C=CCCCCCCCCCC1=CC=C(C(=O)O)C(=O)C1. The molecule has 1 N–H and O–H groups in total. The molecule has 3 nitrogen and oxygen atoms in total. The van der Waals surface area contributed by atoms with E-state index in [4.69, 9.17) is 5.11 Å². The lowest BCUT2D eigenvalue weighted by atomic mass is 9.93. The highest BCUT2D eigenvalue weighted by molar-refractivity contribution is 6.18. The summed E-state index contributed by atoms with van der Waals surface area (Å²) in [4.78, 5) is 22.4. The van der Waals surface area contributed by atoms with Crippen LogP contribution < -0.4 is 0 Å². The number of rotatable bonds is 11. The number of carbonyl (C=O) groups excluding carboxylic acids is 1.